The molecular formula is C21H29ClN4O6. The number of carbonyl (C=O) groups excluding carboxylic acids is 3. The minimum Gasteiger partial charge on any atom is -0.464 e. The zero-order valence-corrected chi connectivity index (χ0v) is 20.0. The number of amides is 1. The summed E-state index contributed by atoms with van der Waals surface area (Å²) in [6, 6.07) is 6.46. The van der Waals surface area contributed by atoms with Gasteiger partial charge in [0, 0.05) is 14.1 Å². The van der Waals surface area contributed by atoms with Crippen LogP contribution in [0.15, 0.2) is 36.7 Å². The number of nitrogens with one attached hydrogen (secondary N) is 1. The number of pyridine rings is 2. The number of hydrogen-bond donors (Lipinski definition) is 1. The number of ether oxygens (including phenoxy) is 3. The first-order chi connectivity index (χ1) is 14.5. The molecule has 0 spiro atoms. The largest absolute Gasteiger partial charge is 0.464 e. The summed E-state index contributed by atoms with van der Waals surface area (Å²) in [6.07, 6.45) is 2.50. The number of rotatable bonds is 4. The predicted octanol–water partition coefficient (Wildman–Crippen LogP) is 3.57. The van der Waals surface area contributed by atoms with Gasteiger partial charge in [-0.25, -0.2) is 24.4 Å². The molecule has 0 saturated heterocycles. The van der Waals surface area contributed by atoms with Crippen molar-refractivity contribution >= 4 is 41.8 Å². The maximum atomic E-state index is 11.8. The second kappa shape index (κ2) is 13.1. The van der Waals surface area contributed by atoms with Gasteiger partial charge < -0.3 is 19.5 Å². The highest BCUT2D eigenvalue weighted by molar-refractivity contribution is 5.89. The SMILES string of the molecule is CNc1ccc(C(=O)OC)nc1.COC(=O)c1ccc(N(C)C(=O)OC(C)(C)C)cn1.Cl. The molecule has 2 heterocycles. The fourth-order valence-electron chi connectivity index (χ4n) is 2.01. The smallest absolute Gasteiger partial charge is 0.414 e. The molecule has 11 heteroatoms. The van der Waals surface area contributed by atoms with Crippen LogP contribution in [-0.4, -0.2) is 61.9 Å². The van der Waals surface area contributed by atoms with Gasteiger partial charge in [-0.1, -0.05) is 0 Å². The van der Waals surface area contributed by atoms with Gasteiger partial charge in [-0.05, 0) is 45.0 Å². The van der Waals surface area contributed by atoms with Crippen LogP contribution in [0.1, 0.15) is 41.7 Å². The van der Waals surface area contributed by atoms with Gasteiger partial charge in [0.15, 0.2) is 0 Å². The molecule has 32 heavy (non-hydrogen) atoms. The van der Waals surface area contributed by atoms with Crippen LogP contribution >= 0.6 is 12.4 Å². The van der Waals surface area contributed by atoms with Gasteiger partial charge in [-0.2, -0.15) is 0 Å². The average molecular weight is 469 g/mol. The van der Waals surface area contributed by atoms with Crippen molar-refractivity contribution in [3.05, 3.63) is 48.0 Å². The number of hydrogen-bond acceptors (Lipinski definition) is 9. The Morgan fingerprint density at radius 3 is 1.75 bits per heavy atom. The third-order valence-corrected chi connectivity index (χ3v) is 3.64. The van der Waals surface area contributed by atoms with Gasteiger partial charge >= 0.3 is 18.0 Å². The van der Waals surface area contributed by atoms with E-state index in [1.54, 1.807) is 59.3 Å². The minimum atomic E-state index is -0.565. The van der Waals surface area contributed by atoms with Crippen molar-refractivity contribution < 1.29 is 28.6 Å². The van der Waals surface area contributed by atoms with E-state index in [2.05, 4.69) is 24.8 Å². The molecule has 0 radical (unpaired) electrons. The lowest BCUT2D eigenvalue weighted by Crippen LogP contribution is -2.34. The van der Waals surface area contributed by atoms with Crippen molar-refractivity contribution in [1.82, 2.24) is 9.97 Å². The highest BCUT2D eigenvalue weighted by Crippen LogP contribution is 2.16. The van der Waals surface area contributed by atoms with Crippen LogP contribution in [0.2, 0.25) is 0 Å². The Kier molecular flexibility index (Phi) is 11.7. The number of esters is 2. The second-order valence-corrected chi connectivity index (χ2v) is 7.11. The molecule has 2 aromatic heterocycles. The van der Waals surface area contributed by atoms with Crippen molar-refractivity contribution in [3.63, 3.8) is 0 Å². The summed E-state index contributed by atoms with van der Waals surface area (Å²) in [7, 11) is 5.97. The molecule has 176 valence electrons. The van der Waals surface area contributed by atoms with Crippen LogP contribution in [0, 0.1) is 0 Å². The molecule has 0 aliphatic carbocycles. The Balaban J connectivity index is 0.000000639. The summed E-state index contributed by atoms with van der Waals surface area (Å²) in [5.41, 5.74) is 1.33. The maximum absolute atomic E-state index is 11.8. The molecule has 0 aliphatic rings. The standard InChI is InChI=1S/C13H18N2O4.C8H10N2O2.ClH/c1-13(2,3)19-12(17)15(4)9-6-7-10(14-8-9)11(16)18-5;1-9-6-3-4-7(10-5-6)8(11)12-2;/h6-8H,1-5H3;3-5,9H,1-2H3;1H. The summed E-state index contributed by atoms with van der Waals surface area (Å²) in [4.78, 5) is 43.1. The lowest BCUT2D eigenvalue weighted by molar-refractivity contribution is 0.0581. The maximum Gasteiger partial charge on any atom is 0.414 e. The third kappa shape index (κ3) is 9.17. The average Bonchev–Trinajstić information content (AvgIpc) is 2.77. The zero-order chi connectivity index (χ0) is 23.6. The summed E-state index contributed by atoms with van der Waals surface area (Å²) in [6.45, 7) is 5.37. The lowest BCUT2D eigenvalue weighted by Gasteiger charge is -2.24. The monoisotopic (exact) mass is 468 g/mol. The van der Waals surface area contributed by atoms with E-state index in [1.807, 2.05) is 0 Å². The molecule has 0 aliphatic heterocycles. The van der Waals surface area contributed by atoms with Crippen molar-refractivity contribution in [2.24, 2.45) is 0 Å². The number of nitrogens with zero attached hydrogens (tertiary/aromatic N) is 3. The van der Waals surface area contributed by atoms with Crippen molar-refractivity contribution in [1.29, 1.82) is 0 Å². The number of halogens is 1. The second-order valence-electron chi connectivity index (χ2n) is 7.11. The summed E-state index contributed by atoms with van der Waals surface area (Å²) >= 11 is 0. The first-order valence-electron chi connectivity index (χ1n) is 9.25. The highest BCUT2D eigenvalue weighted by Gasteiger charge is 2.21. The predicted molar refractivity (Wildman–Crippen MR) is 123 cm³/mol. The van der Waals surface area contributed by atoms with Crippen molar-refractivity contribution in [3.8, 4) is 0 Å². The summed E-state index contributed by atoms with van der Waals surface area (Å²) < 4.78 is 14.3. The molecule has 0 saturated carbocycles. The molecule has 0 atom stereocenters. The minimum absolute atomic E-state index is 0. The Morgan fingerprint density at radius 1 is 0.906 bits per heavy atom. The van der Waals surface area contributed by atoms with E-state index in [0.29, 0.717) is 11.4 Å². The molecule has 0 unspecified atom stereocenters. The Hall–Kier alpha value is -3.40. The molecule has 1 N–H and O–H groups in total. The number of aromatic nitrogens is 2. The molecule has 2 aromatic rings. The van der Waals surface area contributed by atoms with Crippen LogP contribution in [-0.2, 0) is 14.2 Å². The van der Waals surface area contributed by atoms with Gasteiger partial charge in [-0.15, -0.1) is 12.4 Å². The van der Waals surface area contributed by atoms with Crippen LogP contribution in [0.4, 0.5) is 16.2 Å². The van der Waals surface area contributed by atoms with Gasteiger partial charge in [0.2, 0.25) is 0 Å². The van der Waals surface area contributed by atoms with Crippen LogP contribution in [0.25, 0.3) is 0 Å². The molecule has 0 aromatic carbocycles. The van der Waals surface area contributed by atoms with E-state index in [1.165, 1.54) is 31.4 Å². The lowest BCUT2D eigenvalue weighted by atomic mass is 10.2. The summed E-state index contributed by atoms with van der Waals surface area (Å²) in [5, 5.41) is 2.90. The number of anilines is 2. The normalized spacial score (nSPS) is 9.84. The van der Waals surface area contributed by atoms with E-state index < -0.39 is 23.6 Å². The van der Waals surface area contributed by atoms with Crippen molar-refractivity contribution in [2.45, 2.75) is 26.4 Å². The fraction of sp³-hybridized carbons (Fsp3) is 0.381. The molecule has 1 amide bonds. The zero-order valence-electron chi connectivity index (χ0n) is 19.2. The topological polar surface area (TPSA) is 120 Å². The van der Waals surface area contributed by atoms with Gasteiger partial charge in [0.25, 0.3) is 0 Å². The van der Waals surface area contributed by atoms with Crippen LogP contribution in [0.3, 0.4) is 0 Å². The Bertz CT molecular complexity index is 883. The highest BCUT2D eigenvalue weighted by atomic mass is 35.5. The van der Waals surface area contributed by atoms with Crippen LogP contribution < -0.4 is 10.2 Å². The molecule has 0 fully saturated rings. The quantitative estimate of drug-likeness (QED) is 0.530. The van der Waals surface area contributed by atoms with E-state index in [-0.39, 0.29) is 18.1 Å². The van der Waals surface area contributed by atoms with Gasteiger partial charge in [0.1, 0.15) is 17.0 Å². The van der Waals surface area contributed by atoms with Gasteiger partial charge in [-0.3, -0.25) is 4.90 Å². The molecule has 2 rings (SSSR count). The van der Waals surface area contributed by atoms with Gasteiger partial charge in [0.05, 0.1) is 38.0 Å². The third-order valence-electron chi connectivity index (χ3n) is 3.64. The van der Waals surface area contributed by atoms with Crippen molar-refractivity contribution in [2.75, 3.05) is 38.5 Å². The molecular weight excluding hydrogens is 440 g/mol. The summed E-state index contributed by atoms with van der Waals surface area (Å²) in [5.74, 6) is -0.941. The number of carbonyl (C=O) groups is 3. The Labute approximate surface area is 193 Å². The van der Waals surface area contributed by atoms with Crippen LogP contribution in [0.5, 0.6) is 0 Å². The first kappa shape index (κ1) is 28.6. The molecule has 0 bridgehead atoms. The van der Waals surface area contributed by atoms with E-state index in [4.69, 9.17) is 4.74 Å². The van der Waals surface area contributed by atoms with E-state index in [0.717, 1.165) is 5.69 Å². The number of methoxy groups -OCH3 is 2. The Morgan fingerprint density at radius 2 is 1.41 bits per heavy atom. The van der Waals surface area contributed by atoms with E-state index >= 15 is 0 Å². The fourth-order valence-corrected chi connectivity index (χ4v) is 2.01. The first-order valence-corrected chi connectivity index (χ1v) is 9.25. The molecule has 10 nitrogen and oxygen atoms in total. The van der Waals surface area contributed by atoms with E-state index in [9.17, 15) is 14.4 Å².